The van der Waals surface area contributed by atoms with Crippen LogP contribution in [0.15, 0.2) is 48.5 Å². The molecule has 1 aliphatic carbocycles. The van der Waals surface area contributed by atoms with Gasteiger partial charge in [0, 0.05) is 37.1 Å². The molecule has 2 aromatic carbocycles. The van der Waals surface area contributed by atoms with Crippen molar-refractivity contribution in [2.45, 2.75) is 38.0 Å². The van der Waals surface area contributed by atoms with Crippen molar-refractivity contribution < 1.29 is 13.2 Å². The lowest BCUT2D eigenvalue weighted by atomic mass is 10.1. The highest BCUT2D eigenvalue weighted by atomic mass is 19.4. The second-order valence-corrected chi connectivity index (χ2v) is 8.07. The minimum absolute atomic E-state index is 0.337. The van der Waals surface area contributed by atoms with Gasteiger partial charge >= 0.3 is 6.18 Å². The lowest BCUT2D eigenvalue weighted by Crippen LogP contribution is -2.52. The van der Waals surface area contributed by atoms with Crippen LogP contribution in [0.1, 0.15) is 25.3 Å². The fraction of sp³-hybridized carbons (Fsp3) is 0.409. The summed E-state index contributed by atoms with van der Waals surface area (Å²) in [6, 6.07) is 14.2. The molecule has 4 nitrogen and oxygen atoms in total. The van der Waals surface area contributed by atoms with Gasteiger partial charge < -0.3 is 4.90 Å². The molecule has 1 aromatic heterocycles. The second kappa shape index (κ2) is 6.76. The van der Waals surface area contributed by atoms with Crippen LogP contribution in [-0.4, -0.2) is 46.4 Å². The van der Waals surface area contributed by atoms with Crippen LogP contribution in [0.3, 0.4) is 0 Å². The van der Waals surface area contributed by atoms with Crippen LogP contribution in [0.2, 0.25) is 0 Å². The van der Waals surface area contributed by atoms with Gasteiger partial charge in [-0.2, -0.15) is 13.2 Å². The number of piperazine rings is 1. The van der Waals surface area contributed by atoms with Gasteiger partial charge in [-0.25, -0.2) is 4.68 Å². The first-order valence-electron chi connectivity index (χ1n) is 10.1. The zero-order valence-corrected chi connectivity index (χ0v) is 16.2. The Morgan fingerprint density at radius 1 is 0.966 bits per heavy atom. The number of rotatable bonds is 3. The summed E-state index contributed by atoms with van der Waals surface area (Å²) >= 11 is 0. The summed E-state index contributed by atoms with van der Waals surface area (Å²) in [4.78, 5) is 4.90. The van der Waals surface area contributed by atoms with Crippen LogP contribution in [0.5, 0.6) is 0 Å². The van der Waals surface area contributed by atoms with E-state index in [1.54, 1.807) is 4.68 Å². The minimum atomic E-state index is -4.34. The number of anilines is 1. The number of hydrogen-bond donors (Lipinski definition) is 0. The van der Waals surface area contributed by atoms with Gasteiger partial charge in [0.1, 0.15) is 0 Å². The van der Waals surface area contributed by atoms with E-state index in [2.05, 4.69) is 16.7 Å². The third-order valence-electron chi connectivity index (χ3n) is 6.00. The van der Waals surface area contributed by atoms with Gasteiger partial charge in [-0.05, 0) is 56.2 Å². The average Bonchev–Trinajstić information content (AvgIpc) is 3.49. The van der Waals surface area contributed by atoms with Crippen LogP contribution in [0, 0.1) is 0 Å². The van der Waals surface area contributed by atoms with Crippen molar-refractivity contribution in [3.05, 3.63) is 54.1 Å². The highest BCUT2D eigenvalue weighted by Gasteiger charge is 2.35. The van der Waals surface area contributed by atoms with Gasteiger partial charge in [0.25, 0.3) is 0 Å². The molecular formula is C22H23F3N4. The van der Waals surface area contributed by atoms with E-state index >= 15 is 0 Å². The van der Waals surface area contributed by atoms with Gasteiger partial charge in [-0.15, -0.1) is 5.10 Å². The highest BCUT2D eigenvalue weighted by Crippen LogP contribution is 2.34. The van der Waals surface area contributed by atoms with E-state index in [9.17, 15) is 13.2 Å². The highest BCUT2D eigenvalue weighted by molar-refractivity contribution is 5.92. The van der Waals surface area contributed by atoms with E-state index in [0.717, 1.165) is 54.5 Å². The van der Waals surface area contributed by atoms with Crippen molar-refractivity contribution in [3.63, 3.8) is 0 Å². The Hall–Kier alpha value is -2.54. The van der Waals surface area contributed by atoms with Crippen LogP contribution in [0.25, 0.3) is 16.6 Å². The van der Waals surface area contributed by atoms with Crippen molar-refractivity contribution in [3.8, 4) is 5.69 Å². The third-order valence-corrected chi connectivity index (χ3v) is 6.00. The van der Waals surface area contributed by atoms with Crippen LogP contribution in [-0.2, 0) is 6.18 Å². The maximum absolute atomic E-state index is 12.9. The fourth-order valence-corrected chi connectivity index (χ4v) is 4.32. The van der Waals surface area contributed by atoms with Crippen molar-refractivity contribution in [2.75, 3.05) is 24.5 Å². The van der Waals surface area contributed by atoms with E-state index in [1.807, 2.05) is 24.3 Å². The molecule has 0 N–H and O–H groups in total. The van der Waals surface area contributed by atoms with Crippen LogP contribution in [0.4, 0.5) is 19.0 Å². The molecule has 1 atom stereocenters. The van der Waals surface area contributed by atoms with E-state index in [1.165, 1.54) is 25.0 Å². The van der Waals surface area contributed by atoms with Gasteiger partial charge in [0.2, 0.25) is 0 Å². The first kappa shape index (κ1) is 18.5. The Kier molecular flexibility index (Phi) is 4.31. The molecule has 0 radical (unpaired) electrons. The molecule has 29 heavy (non-hydrogen) atoms. The Balaban J connectivity index is 1.51. The lowest BCUT2D eigenvalue weighted by Gasteiger charge is -2.40. The summed E-state index contributed by atoms with van der Waals surface area (Å²) in [6.07, 6.45) is -1.73. The van der Waals surface area contributed by atoms with Crippen molar-refractivity contribution in [1.82, 2.24) is 14.7 Å². The van der Waals surface area contributed by atoms with E-state index in [4.69, 9.17) is 5.10 Å². The zero-order chi connectivity index (χ0) is 20.2. The number of benzene rings is 2. The Morgan fingerprint density at radius 2 is 1.69 bits per heavy atom. The number of halogens is 3. The molecule has 2 aliphatic rings. The Bertz CT molecular complexity index is 1020. The molecule has 0 spiro atoms. The summed E-state index contributed by atoms with van der Waals surface area (Å²) in [5.74, 6) is 0.906. The van der Waals surface area contributed by atoms with Gasteiger partial charge in [0.05, 0.1) is 16.8 Å². The maximum atomic E-state index is 12.9. The zero-order valence-electron chi connectivity index (χ0n) is 16.2. The molecule has 2 heterocycles. The minimum Gasteiger partial charge on any atom is -0.349 e. The predicted octanol–water partition coefficient (Wildman–Crippen LogP) is 4.72. The van der Waals surface area contributed by atoms with E-state index < -0.39 is 11.7 Å². The predicted molar refractivity (Wildman–Crippen MR) is 107 cm³/mol. The van der Waals surface area contributed by atoms with Crippen molar-refractivity contribution in [1.29, 1.82) is 0 Å². The Labute approximate surface area is 167 Å². The molecule has 0 bridgehead atoms. The molecular weight excluding hydrogens is 377 g/mol. The molecule has 0 amide bonds. The van der Waals surface area contributed by atoms with Crippen LogP contribution < -0.4 is 4.90 Å². The van der Waals surface area contributed by atoms with Gasteiger partial charge in [-0.3, -0.25) is 4.90 Å². The normalized spacial score (nSPS) is 21.1. The van der Waals surface area contributed by atoms with E-state index in [0.29, 0.717) is 11.7 Å². The summed E-state index contributed by atoms with van der Waals surface area (Å²) in [5, 5.41) is 5.88. The van der Waals surface area contributed by atoms with Crippen molar-refractivity contribution in [2.24, 2.45) is 0 Å². The number of hydrogen-bond acceptors (Lipinski definition) is 3. The standard InChI is InChI=1S/C22H23F3N4/c1-15-14-27(17-10-11-17)12-13-28(15)21-19-4-2-3-5-20(19)29(26-21)18-8-6-16(7-9-18)22(23,24)25/h2-9,15,17H,10-14H2,1H3. The number of nitrogens with zero attached hydrogens (tertiary/aromatic N) is 4. The lowest BCUT2D eigenvalue weighted by molar-refractivity contribution is -0.137. The molecule has 2 fully saturated rings. The summed E-state index contributed by atoms with van der Waals surface area (Å²) < 4.78 is 40.5. The largest absolute Gasteiger partial charge is 0.416 e. The maximum Gasteiger partial charge on any atom is 0.416 e. The Morgan fingerprint density at radius 3 is 2.34 bits per heavy atom. The number of para-hydroxylation sites is 1. The fourth-order valence-electron chi connectivity index (χ4n) is 4.32. The third kappa shape index (κ3) is 3.37. The monoisotopic (exact) mass is 400 g/mol. The smallest absolute Gasteiger partial charge is 0.349 e. The molecule has 1 saturated carbocycles. The summed E-state index contributed by atoms with van der Waals surface area (Å²) in [5.41, 5.74) is 0.881. The van der Waals surface area contributed by atoms with Crippen molar-refractivity contribution >= 4 is 16.7 Å². The average molecular weight is 400 g/mol. The SMILES string of the molecule is CC1CN(C2CC2)CCN1c1nn(-c2ccc(C(F)(F)F)cc2)c2ccccc12. The molecule has 3 aromatic rings. The molecule has 152 valence electrons. The second-order valence-electron chi connectivity index (χ2n) is 8.07. The van der Waals surface area contributed by atoms with Crippen LogP contribution >= 0.6 is 0 Å². The molecule has 1 unspecified atom stereocenters. The van der Waals surface area contributed by atoms with Gasteiger partial charge in [0.15, 0.2) is 5.82 Å². The summed E-state index contributed by atoms with van der Waals surface area (Å²) in [7, 11) is 0. The number of aromatic nitrogens is 2. The summed E-state index contributed by atoms with van der Waals surface area (Å²) in [6.45, 7) is 5.18. The first-order valence-corrected chi connectivity index (χ1v) is 10.1. The quantitative estimate of drug-likeness (QED) is 0.636. The topological polar surface area (TPSA) is 24.3 Å². The van der Waals surface area contributed by atoms with E-state index in [-0.39, 0.29) is 0 Å². The molecule has 7 heteroatoms. The first-order chi connectivity index (χ1) is 13.9. The molecule has 1 aliphatic heterocycles. The van der Waals surface area contributed by atoms with Gasteiger partial charge in [-0.1, -0.05) is 12.1 Å². The number of fused-ring (bicyclic) bond motifs is 1. The molecule has 1 saturated heterocycles. The molecule has 5 rings (SSSR count). The number of alkyl halides is 3.